The molecule has 24 heteroatoms. The van der Waals surface area contributed by atoms with E-state index in [0.717, 1.165) is 16.7 Å². The monoisotopic (exact) mass is 1220 g/mol. The van der Waals surface area contributed by atoms with E-state index in [2.05, 4.69) is 59.6 Å². The Labute approximate surface area is 511 Å². The number of ether oxygens (including phenoxy) is 8. The number of phenols is 1. The molecule has 3 aromatic carbocycles. The Balaban J connectivity index is 0.00000842. The van der Waals surface area contributed by atoms with Crippen LogP contribution < -0.4 is 31.9 Å². The topological polar surface area (TPSA) is 320 Å². The summed E-state index contributed by atoms with van der Waals surface area (Å²) in [4.78, 5) is 105. The van der Waals surface area contributed by atoms with Gasteiger partial charge in [0.05, 0.1) is 78.2 Å². The number of carbonyl (C=O) groups is 7. The predicted molar refractivity (Wildman–Crippen MR) is 322 cm³/mol. The molecule has 0 aromatic heterocycles. The van der Waals surface area contributed by atoms with Gasteiger partial charge < -0.3 is 74.9 Å². The number of aromatic hydroxyl groups is 1. The van der Waals surface area contributed by atoms with Crippen LogP contribution in [0.1, 0.15) is 123 Å². The van der Waals surface area contributed by atoms with Crippen molar-refractivity contribution in [3.05, 3.63) is 95.6 Å². The molecule has 0 aliphatic rings. The Morgan fingerprint density at radius 1 is 0.540 bits per heavy atom. The number of hydrogen-bond acceptors (Lipinski definition) is 18. The maximum absolute atomic E-state index is 13.4. The van der Waals surface area contributed by atoms with Crippen LogP contribution in [0, 0.1) is 11.3 Å². The van der Waals surface area contributed by atoms with Gasteiger partial charge in [-0.05, 0) is 99.5 Å². The first-order valence-corrected chi connectivity index (χ1v) is 29.6. The first-order valence-electron chi connectivity index (χ1n) is 29.6. The molecule has 24 nitrogen and oxygen atoms in total. The summed E-state index contributed by atoms with van der Waals surface area (Å²) in [6, 6.07) is 22.3. The summed E-state index contributed by atoms with van der Waals surface area (Å²) in [5.74, 6) is -1.43. The molecular weight excluding hydrogens is 1130 g/mol. The molecule has 0 spiro atoms. The zero-order valence-corrected chi connectivity index (χ0v) is 51.8. The number of amides is 6. The van der Waals surface area contributed by atoms with E-state index in [-0.39, 0.29) is 157 Å². The van der Waals surface area contributed by atoms with Crippen LogP contribution in [0.3, 0.4) is 0 Å². The Hall–Kier alpha value is -7.47. The molecule has 6 amide bonds. The van der Waals surface area contributed by atoms with Gasteiger partial charge in [-0.15, -0.1) is 0 Å². The van der Waals surface area contributed by atoms with Gasteiger partial charge in [0, 0.05) is 44.9 Å². The maximum atomic E-state index is 13.4. The number of rotatable bonds is 42. The molecule has 0 saturated carbocycles. The number of unbranched alkanes of at least 4 members (excludes halogenated alkanes) is 1. The lowest BCUT2D eigenvalue weighted by atomic mass is 9.78. The molecule has 0 bridgehead atoms. The molecular formula is C63H94N6O18. The highest BCUT2D eigenvalue weighted by atomic mass is 16.6. The molecule has 0 fully saturated rings. The second kappa shape index (κ2) is 44.9. The van der Waals surface area contributed by atoms with Gasteiger partial charge in [0.25, 0.3) is 0 Å². The van der Waals surface area contributed by atoms with Crippen molar-refractivity contribution >= 4 is 53.6 Å². The van der Waals surface area contributed by atoms with E-state index in [1.54, 1.807) is 32.9 Å². The van der Waals surface area contributed by atoms with E-state index in [0.29, 0.717) is 65.2 Å². The molecule has 3 aromatic rings. The van der Waals surface area contributed by atoms with Crippen LogP contribution >= 0.6 is 0 Å². The van der Waals surface area contributed by atoms with Gasteiger partial charge in [0.2, 0.25) is 23.6 Å². The normalized spacial score (nSPS) is 12.1. The predicted octanol–water partition coefficient (Wildman–Crippen LogP) is 6.85. The van der Waals surface area contributed by atoms with Crippen molar-refractivity contribution in [3.8, 4) is 5.75 Å². The fourth-order valence-electron chi connectivity index (χ4n) is 7.81. The first kappa shape index (κ1) is 75.6. The third-order valence-electron chi connectivity index (χ3n) is 12.9. The SMILES string of the molecule is CC(C[C@H](Cc1ccc(O)c(NC(=O)CCCNC(=O)[C@H](CCCCNC(=O)CCOCCOCCNC(=O)CCOCCOCCOCCC(=O)OCc2ccccc2)NC(=O)OCc2ccccc2)c1)NC(=O)OC(C)(C)C)C(C)(C)C.O=C=O. The molecule has 1 unspecified atom stereocenters. The van der Waals surface area contributed by atoms with Crippen LogP contribution in [-0.2, 0) is 91.1 Å². The smallest absolute Gasteiger partial charge is 0.408 e. The number of benzene rings is 3. The quantitative estimate of drug-likeness (QED) is 0.0132. The molecule has 0 aliphatic carbocycles. The van der Waals surface area contributed by atoms with Crippen molar-refractivity contribution in [2.24, 2.45) is 11.3 Å². The van der Waals surface area contributed by atoms with E-state index in [4.69, 9.17) is 47.5 Å². The lowest BCUT2D eigenvalue weighted by molar-refractivity contribution is -0.191. The summed E-state index contributed by atoms with van der Waals surface area (Å²) < 4.78 is 43.5. The van der Waals surface area contributed by atoms with Gasteiger partial charge >= 0.3 is 24.3 Å². The summed E-state index contributed by atoms with van der Waals surface area (Å²) in [6.45, 7) is 17.8. The second-order valence-electron chi connectivity index (χ2n) is 22.3. The van der Waals surface area contributed by atoms with Gasteiger partial charge in [-0.25, -0.2) is 9.59 Å². The van der Waals surface area contributed by atoms with Crippen LogP contribution in [-0.4, -0.2) is 156 Å². The number of phenolic OH excluding ortho intramolecular Hbond substituents is 1. The van der Waals surface area contributed by atoms with Crippen molar-refractivity contribution < 1.29 is 86.2 Å². The van der Waals surface area contributed by atoms with Gasteiger partial charge in [-0.2, -0.15) is 9.59 Å². The summed E-state index contributed by atoms with van der Waals surface area (Å²) in [6.07, 6.45) is 2.06. The third-order valence-corrected chi connectivity index (χ3v) is 12.9. The molecule has 7 N–H and O–H groups in total. The van der Waals surface area contributed by atoms with E-state index in [9.17, 15) is 38.7 Å². The minimum atomic E-state index is -0.955. The Kier molecular flexibility index (Phi) is 39.0. The van der Waals surface area contributed by atoms with Crippen molar-refractivity contribution in [2.45, 2.75) is 144 Å². The fraction of sp³-hybridized carbons (Fsp3) is 0.587. The Morgan fingerprint density at radius 2 is 1.06 bits per heavy atom. The summed E-state index contributed by atoms with van der Waals surface area (Å²) in [5, 5.41) is 27.5. The van der Waals surface area contributed by atoms with E-state index >= 15 is 0 Å². The van der Waals surface area contributed by atoms with Crippen LogP contribution in [0.5, 0.6) is 5.75 Å². The Morgan fingerprint density at radius 3 is 1.62 bits per heavy atom. The molecule has 3 atom stereocenters. The zero-order chi connectivity index (χ0) is 64.1. The van der Waals surface area contributed by atoms with Crippen molar-refractivity contribution in [1.82, 2.24) is 26.6 Å². The minimum Gasteiger partial charge on any atom is -0.506 e. The largest absolute Gasteiger partial charge is 0.506 e. The molecule has 484 valence electrons. The summed E-state index contributed by atoms with van der Waals surface area (Å²) >= 11 is 0. The van der Waals surface area contributed by atoms with Gasteiger partial charge in [0.1, 0.15) is 30.6 Å². The Bertz CT molecular complexity index is 2480. The molecule has 0 saturated heterocycles. The van der Waals surface area contributed by atoms with Crippen LogP contribution in [0.4, 0.5) is 15.3 Å². The van der Waals surface area contributed by atoms with Crippen LogP contribution in [0.2, 0.25) is 0 Å². The summed E-state index contributed by atoms with van der Waals surface area (Å²) in [5.41, 5.74) is 2.03. The lowest BCUT2D eigenvalue weighted by Gasteiger charge is -2.32. The number of esters is 1. The number of hydrogen-bond donors (Lipinski definition) is 7. The van der Waals surface area contributed by atoms with E-state index in [1.165, 1.54) is 6.07 Å². The molecule has 0 heterocycles. The third kappa shape index (κ3) is 39.8. The van der Waals surface area contributed by atoms with Crippen molar-refractivity contribution in [2.75, 3.05) is 91.0 Å². The molecule has 0 radical (unpaired) electrons. The second-order valence-corrected chi connectivity index (χ2v) is 22.3. The molecule has 0 aliphatic heterocycles. The highest BCUT2D eigenvalue weighted by Gasteiger charge is 2.27. The average Bonchev–Trinajstić information content (AvgIpc) is 3.59. The fourth-order valence-corrected chi connectivity index (χ4v) is 7.81. The van der Waals surface area contributed by atoms with E-state index in [1.807, 2.05) is 60.7 Å². The van der Waals surface area contributed by atoms with E-state index < -0.39 is 29.7 Å². The van der Waals surface area contributed by atoms with Crippen LogP contribution in [0.25, 0.3) is 0 Å². The van der Waals surface area contributed by atoms with Crippen LogP contribution in [0.15, 0.2) is 78.9 Å². The van der Waals surface area contributed by atoms with Crippen molar-refractivity contribution in [3.63, 3.8) is 0 Å². The summed E-state index contributed by atoms with van der Waals surface area (Å²) in [7, 11) is 0. The lowest BCUT2D eigenvalue weighted by Crippen LogP contribution is -2.47. The molecule has 3 rings (SSSR count). The highest BCUT2D eigenvalue weighted by Crippen LogP contribution is 2.31. The maximum Gasteiger partial charge on any atom is 0.408 e. The number of nitrogens with one attached hydrogen (secondary N) is 6. The number of alkyl carbamates (subject to hydrolysis) is 2. The minimum absolute atomic E-state index is 0.00780. The molecule has 87 heavy (non-hydrogen) atoms. The number of anilines is 1. The average molecular weight is 1220 g/mol. The van der Waals surface area contributed by atoms with Gasteiger partial charge in [-0.1, -0.05) is 94.4 Å². The van der Waals surface area contributed by atoms with Crippen molar-refractivity contribution in [1.29, 1.82) is 0 Å². The highest BCUT2D eigenvalue weighted by molar-refractivity contribution is 5.92. The first-order chi connectivity index (χ1) is 41.6. The van der Waals surface area contributed by atoms with Gasteiger partial charge in [-0.3, -0.25) is 24.0 Å². The standard InChI is InChI=1S/C62H94N6O16.CO2/c1-46(61(2,3)4)41-50(66-60(76)84-62(5,6)7)42-49-23-24-53(69)52(43-49)67-56(72)22-16-29-65-58(74)51(68-59(75)83-45-48-19-12-9-13-20-48)21-14-15-28-63-54(70)25-31-77-35-38-80-34-30-64-55(71)26-32-78-36-39-81-40-37-79-33-27-57(73)82-44-47-17-10-8-11-18-47;2-1-3/h8-13,17-20,23-24,43,46,50-51,69H,14-16,21-22,25-42,44-45H2,1-7H3,(H,63,70)(H,64,71)(H,65,74)(H,66,76)(H,67,72)(H,68,75);/t46?,50-,51+;/m1./s1. The number of carbonyl (C=O) groups excluding carboxylic acids is 9. The van der Waals surface area contributed by atoms with Gasteiger partial charge in [0.15, 0.2) is 0 Å². The zero-order valence-electron chi connectivity index (χ0n) is 51.8.